The van der Waals surface area contributed by atoms with Gasteiger partial charge in [-0.05, 0) is 26.5 Å². The third-order valence-corrected chi connectivity index (χ3v) is 2.44. The van der Waals surface area contributed by atoms with Crippen LogP contribution in [0.2, 0.25) is 0 Å². The number of likely N-dealkylation sites (N-methyl/N-ethyl adjacent to an activating group) is 1. The predicted molar refractivity (Wildman–Crippen MR) is 69.8 cm³/mol. The van der Waals surface area contributed by atoms with E-state index in [4.69, 9.17) is 4.74 Å². The third kappa shape index (κ3) is 3.70. The molecular formula is C14H21NO. The topological polar surface area (TPSA) is 21.3 Å². The van der Waals surface area contributed by atoms with Gasteiger partial charge in [0.05, 0.1) is 6.61 Å². The molecule has 0 aliphatic heterocycles. The van der Waals surface area contributed by atoms with E-state index in [0.717, 1.165) is 24.3 Å². The van der Waals surface area contributed by atoms with E-state index in [-0.39, 0.29) is 0 Å². The highest BCUT2D eigenvalue weighted by atomic mass is 16.5. The summed E-state index contributed by atoms with van der Waals surface area (Å²) in [7, 11) is 1.97. The average Bonchev–Trinajstić information content (AvgIpc) is 2.31. The van der Waals surface area contributed by atoms with E-state index < -0.39 is 0 Å². The maximum atomic E-state index is 5.60. The van der Waals surface area contributed by atoms with Crippen LogP contribution in [0.5, 0.6) is 5.75 Å². The van der Waals surface area contributed by atoms with Crippen LogP contribution in [0.3, 0.4) is 0 Å². The molecule has 2 heteroatoms. The quantitative estimate of drug-likeness (QED) is 0.793. The molecule has 1 aromatic rings. The molecule has 1 N–H and O–H groups in total. The van der Waals surface area contributed by atoms with Gasteiger partial charge in [0.2, 0.25) is 0 Å². The zero-order valence-corrected chi connectivity index (χ0v) is 10.4. The van der Waals surface area contributed by atoms with E-state index in [1.807, 2.05) is 32.2 Å². The van der Waals surface area contributed by atoms with Gasteiger partial charge in [0.15, 0.2) is 0 Å². The lowest BCUT2D eigenvalue weighted by atomic mass is 10.1. The minimum atomic E-state index is 0.707. The van der Waals surface area contributed by atoms with Crippen molar-refractivity contribution < 1.29 is 4.74 Å². The molecule has 1 rings (SSSR count). The van der Waals surface area contributed by atoms with E-state index in [1.165, 1.54) is 5.57 Å². The Kier molecular flexibility index (Phi) is 5.65. The van der Waals surface area contributed by atoms with Gasteiger partial charge < -0.3 is 10.1 Å². The first-order chi connectivity index (χ1) is 7.81. The third-order valence-electron chi connectivity index (χ3n) is 2.44. The van der Waals surface area contributed by atoms with Crippen molar-refractivity contribution in [1.29, 1.82) is 0 Å². The largest absolute Gasteiger partial charge is 0.493 e. The second-order valence-corrected chi connectivity index (χ2v) is 3.66. The Bertz CT molecular complexity index is 344. The number of rotatable bonds is 6. The highest BCUT2D eigenvalue weighted by Gasteiger charge is 2.00. The maximum Gasteiger partial charge on any atom is 0.126 e. The van der Waals surface area contributed by atoms with E-state index in [0.29, 0.717) is 6.61 Å². The van der Waals surface area contributed by atoms with Crippen molar-refractivity contribution >= 4 is 6.08 Å². The van der Waals surface area contributed by atoms with Gasteiger partial charge in [-0.15, -0.1) is 0 Å². The number of benzene rings is 1. The molecule has 0 amide bonds. The number of para-hydroxylation sites is 1. The van der Waals surface area contributed by atoms with Crippen LogP contribution < -0.4 is 10.1 Å². The minimum Gasteiger partial charge on any atom is -0.493 e. The Morgan fingerprint density at radius 3 is 2.69 bits per heavy atom. The summed E-state index contributed by atoms with van der Waals surface area (Å²) < 4.78 is 5.60. The van der Waals surface area contributed by atoms with Crippen LogP contribution >= 0.6 is 0 Å². The number of nitrogens with one attached hydrogen (secondary N) is 1. The molecule has 0 aromatic heterocycles. The fourth-order valence-corrected chi connectivity index (χ4v) is 1.61. The summed E-state index contributed by atoms with van der Waals surface area (Å²) in [5.74, 6) is 0.965. The molecule has 0 spiro atoms. The summed E-state index contributed by atoms with van der Waals surface area (Å²) in [6.07, 6.45) is 3.27. The Morgan fingerprint density at radius 2 is 2.06 bits per heavy atom. The fraction of sp³-hybridized carbons (Fsp3) is 0.429. The Morgan fingerprint density at radius 1 is 1.31 bits per heavy atom. The van der Waals surface area contributed by atoms with Crippen LogP contribution in [0.25, 0.3) is 6.08 Å². The molecule has 0 bridgehead atoms. The Hall–Kier alpha value is -1.28. The second-order valence-electron chi connectivity index (χ2n) is 3.66. The van der Waals surface area contributed by atoms with Gasteiger partial charge in [0, 0.05) is 12.1 Å². The van der Waals surface area contributed by atoms with Crippen LogP contribution in [0.4, 0.5) is 0 Å². The van der Waals surface area contributed by atoms with E-state index in [9.17, 15) is 0 Å². The molecule has 0 fully saturated rings. The smallest absolute Gasteiger partial charge is 0.126 e. The summed E-state index contributed by atoms with van der Waals surface area (Å²) in [5, 5.41) is 3.18. The molecule has 1 aromatic carbocycles. The highest BCUT2D eigenvalue weighted by Crippen LogP contribution is 2.21. The summed E-state index contributed by atoms with van der Waals surface area (Å²) in [4.78, 5) is 0. The number of hydrogen-bond donors (Lipinski definition) is 1. The molecule has 0 heterocycles. The molecule has 0 aliphatic carbocycles. The average molecular weight is 219 g/mol. The molecule has 0 radical (unpaired) electrons. The molecular weight excluding hydrogens is 198 g/mol. The lowest BCUT2D eigenvalue weighted by Gasteiger charge is -2.09. The van der Waals surface area contributed by atoms with E-state index >= 15 is 0 Å². The minimum absolute atomic E-state index is 0.707. The van der Waals surface area contributed by atoms with Crippen molar-refractivity contribution in [3.8, 4) is 5.75 Å². The van der Waals surface area contributed by atoms with Gasteiger partial charge >= 0.3 is 0 Å². The van der Waals surface area contributed by atoms with Crippen molar-refractivity contribution in [3.05, 3.63) is 35.4 Å². The zero-order valence-electron chi connectivity index (χ0n) is 10.4. The van der Waals surface area contributed by atoms with Crippen molar-refractivity contribution in [2.75, 3.05) is 20.2 Å². The summed E-state index contributed by atoms with van der Waals surface area (Å²) in [5.41, 5.74) is 2.55. The second kappa shape index (κ2) is 7.07. The highest BCUT2D eigenvalue weighted by molar-refractivity contribution is 5.59. The lowest BCUT2D eigenvalue weighted by molar-refractivity contribution is 0.339. The Labute approximate surface area is 98.3 Å². The van der Waals surface area contributed by atoms with Crippen LogP contribution in [-0.4, -0.2) is 20.2 Å². The van der Waals surface area contributed by atoms with Gasteiger partial charge in [-0.25, -0.2) is 0 Å². The van der Waals surface area contributed by atoms with Crippen molar-refractivity contribution in [3.63, 3.8) is 0 Å². The molecule has 0 atom stereocenters. The first-order valence-corrected chi connectivity index (χ1v) is 5.87. The molecule has 0 saturated carbocycles. The van der Waals surface area contributed by atoms with Gasteiger partial charge in [-0.3, -0.25) is 0 Å². The molecule has 0 saturated heterocycles. The maximum absolute atomic E-state index is 5.60. The molecule has 0 aliphatic rings. The zero-order chi connectivity index (χ0) is 11.8. The van der Waals surface area contributed by atoms with Crippen molar-refractivity contribution in [2.45, 2.75) is 20.3 Å². The number of ether oxygens (including phenoxy) is 1. The summed E-state index contributed by atoms with van der Waals surface area (Å²) >= 11 is 0. The fourth-order valence-electron chi connectivity index (χ4n) is 1.61. The summed E-state index contributed by atoms with van der Waals surface area (Å²) in [6.45, 7) is 5.82. The van der Waals surface area contributed by atoms with Gasteiger partial charge in [0.1, 0.15) is 5.75 Å². The number of hydrogen-bond acceptors (Lipinski definition) is 2. The SMILES string of the molecule is CCOc1ccccc1C=C(CC)CNC. The van der Waals surface area contributed by atoms with Gasteiger partial charge in [-0.1, -0.05) is 36.8 Å². The normalized spacial score (nSPS) is 11.6. The molecule has 88 valence electrons. The first-order valence-electron chi connectivity index (χ1n) is 5.87. The van der Waals surface area contributed by atoms with Crippen molar-refractivity contribution in [2.24, 2.45) is 0 Å². The van der Waals surface area contributed by atoms with Gasteiger partial charge in [-0.2, -0.15) is 0 Å². The van der Waals surface area contributed by atoms with E-state index in [1.54, 1.807) is 0 Å². The van der Waals surface area contributed by atoms with E-state index in [2.05, 4.69) is 24.4 Å². The predicted octanol–water partition coefficient (Wildman–Crippen LogP) is 3.10. The summed E-state index contributed by atoms with van der Waals surface area (Å²) in [6, 6.07) is 8.16. The van der Waals surface area contributed by atoms with Crippen LogP contribution in [0, 0.1) is 0 Å². The van der Waals surface area contributed by atoms with Crippen molar-refractivity contribution in [1.82, 2.24) is 5.32 Å². The lowest BCUT2D eigenvalue weighted by Crippen LogP contribution is -2.09. The van der Waals surface area contributed by atoms with Crippen LogP contribution in [0.15, 0.2) is 29.8 Å². The molecule has 2 nitrogen and oxygen atoms in total. The van der Waals surface area contributed by atoms with Gasteiger partial charge in [0.25, 0.3) is 0 Å². The Balaban J connectivity index is 2.92. The first kappa shape index (κ1) is 12.8. The van der Waals surface area contributed by atoms with Crippen LogP contribution in [0.1, 0.15) is 25.8 Å². The van der Waals surface area contributed by atoms with Crippen LogP contribution in [-0.2, 0) is 0 Å². The standard InChI is InChI=1S/C14H21NO/c1-4-12(11-15-3)10-13-8-6-7-9-14(13)16-5-2/h6-10,15H,4-5,11H2,1-3H3. The molecule has 0 unspecified atom stereocenters. The monoisotopic (exact) mass is 219 g/mol. The molecule has 16 heavy (non-hydrogen) atoms.